The second-order valence-electron chi connectivity index (χ2n) is 4.32. The summed E-state index contributed by atoms with van der Waals surface area (Å²) < 4.78 is 5.64. The molecule has 17 heavy (non-hydrogen) atoms. The summed E-state index contributed by atoms with van der Waals surface area (Å²) >= 11 is 6.05. The van der Waals surface area contributed by atoms with Crippen molar-refractivity contribution >= 4 is 11.6 Å². The van der Waals surface area contributed by atoms with Crippen molar-refractivity contribution in [2.45, 2.75) is 19.4 Å². The molecule has 0 aromatic heterocycles. The molecule has 1 aliphatic rings. The number of benzene rings is 1. The van der Waals surface area contributed by atoms with Crippen molar-refractivity contribution in [3.63, 3.8) is 0 Å². The van der Waals surface area contributed by atoms with Crippen molar-refractivity contribution in [3.05, 3.63) is 28.8 Å². The monoisotopic (exact) mass is 255 g/mol. The van der Waals surface area contributed by atoms with Gasteiger partial charge in [-0.05, 0) is 43.6 Å². The van der Waals surface area contributed by atoms with Crippen LogP contribution in [-0.4, -0.2) is 36.2 Å². The topological polar surface area (TPSA) is 32.7 Å². The lowest BCUT2D eigenvalue weighted by molar-refractivity contribution is 0.237. The first-order chi connectivity index (χ1) is 8.29. The highest BCUT2D eigenvalue weighted by Crippen LogP contribution is 2.25. The molecule has 4 heteroatoms. The Labute approximate surface area is 107 Å². The van der Waals surface area contributed by atoms with E-state index >= 15 is 0 Å². The fourth-order valence-electron chi connectivity index (χ4n) is 2.05. The molecule has 0 amide bonds. The van der Waals surface area contributed by atoms with Crippen LogP contribution in [0.3, 0.4) is 0 Å². The maximum atomic E-state index is 8.97. The number of halogens is 1. The molecule has 0 unspecified atom stereocenters. The van der Waals surface area contributed by atoms with Crippen LogP contribution >= 0.6 is 11.6 Å². The zero-order valence-electron chi connectivity index (χ0n) is 9.86. The number of likely N-dealkylation sites (tertiary alicyclic amines) is 1. The summed E-state index contributed by atoms with van der Waals surface area (Å²) in [6.07, 6.45) is 2.60. The minimum Gasteiger partial charge on any atom is -0.491 e. The van der Waals surface area contributed by atoms with E-state index < -0.39 is 0 Å². The second-order valence-corrected chi connectivity index (χ2v) is 4.73. The van der Waals surface area contributed by atoms with Crippen molar-refractivity contribution < 1.29 is 9.84 Å². The number of rotatable bonds is 5. The molecule has 94 valence electrons. The average molecular weight is 256 g/mol. The Kier molecular flexibility index (Phi) is 4.66. The normalized spacial score (nSPS) is 16.4. The summed E-state index contributed by atoms with van der Waals surface area (Å²) in [5.41, 5.74) is 0.807. The molecule has 0 radical (unpaired) electrons. The molecular weight excluding hydrogens is 238 g/mol. The number of aliphatic hydroxyl groups excluding tert-OH is 1. The maximum Gasteiger partial charge on any atom is 0.137 e. The standard InChI is InChI=1S/C13H18ClNO2/c14-12-9-11(10-16)3-4-13(12)17-8-7-15-5-1-2-6-15/h3-4,9,16H,1-2,5-8,10H2. The molecule has 1 aromatic carbocycles. The molecule has 0 spiro atoms. The molecule has 1 aliphatic heterocycles. The molecular formula is C13H18ClNO2. The van der Waals surface area contributed by atoms with Crippen LogP contribution in [0.1, 0.15) is 18.4 Å². The molecule has 1 saturated heterocycles. The molecule has 1 fully saturated rings. The van der Waals surface area contributed by atoms with Gasteiger partial charge in [-0.2, -0.15) is 0 Å². The van der Waals surface area contributed by atoms with Crippen LogP contribution in [0.2, 0.25) is 5.02 Å². The Bertz CT molecular complexity index is 364. The highest BCUT2D eigenvalue weighted by molar-refractivity contribution is 6.32. The largest absolute Gasteiger partial charge is 0.491 e. The number of aliphatic hydroxyl groups is 1. The van der Waals surface area contributed by atoms with Gasteiger partial charge in [0.25, 0.3) is 0 Å². The van der Waals surface area contributed by atoms with E-state index in [1.54, 1.807) is 6.07 Å². The Balaban J connectivity index is 1.81. The van der Waals surface area contributed by atoms with Crippen LogP contribution in [-0.2, 0) is 6.61 Å². The van der Waals surface area contributed by atoms with Crippen LogP contribution in [0.4, 0.5) is 0 Å². The fraction of sp³-hybridized carbons (Fsp3) is 0.538. The summed E-state index contributed by atoms with van der Waals surface area (Å²) in [7, 11) is 0. The minimum absolute atomic E-state index is 0.00772. The number of hydrogen-bond acceptors (Lipinski definition) is 3. The molecule has 1 heterocycles. The molecule has 1 N–H and O–H groups in total. The predicted molar refractivity (Wildman–Crippen MR) is 68.5 cm³/mol. The van der Waals surface area contributed by atoms with E-state index in [2.05, 4.69) is 4.90 Å². The third-order valence-corrected chi connectivity index (χ3v) is 3.34. The van der Waals surface area contributed by atoms with Crippen LogP contribution < -0.4 is 4.74 Å². The Hall–Kier alpha value is -0.770. The van der Waals surface area contributed by atoms with E-state index in [1.165, 1.54) is 25.9 Å². The van der Waals surface area contributed by atoms with Gasteiger partial charge in [0, 0.05) is 6.54 Å². The van der Waals surface area contributed by atoms with Gasteiger partial charge in [0.05, 0.1) is 11.6 Å². The van der Waals surface area contributed by atoms with Crippen molar-refractivity contribution in [1.82, 2.24) is 4.90 Å². The van der Waals surface area contributed by atoms with Gasteiger partial charge in [0.1, 0.15) is 12.4 Å². The fourth-order valence-corrected chi connectivity index (χ4v) is 2.31. The van der Waals surface area contributed by atoms with E-state index in [0.717, 1.165) is 12.1 Å². The van der Waals surface area contributed by atoms with Gasteiger partial charge < -0.3 is 9.84 Å². The lowest BCUT2D eigenvalue weighted by Gasteiger charge is -2.15. The SMILES string of the molecule is OCc1ccc(OCCN2CCCC2)c(Cl)c1. The molecule has 0 bridgehead atoms. The maximum absolute atomic E-state index is 8.97. The van der Waals surface area contributed by atoms with Gasteiger partial charge in [-0.1, -0.05) is 17.7 Å². The summed E-state index contributed by atoms with van der Waals surface area (Å²) in [6, 6.07) is 5.39. The van der Waals surface area contributed by atoms with Gasteiger partial charge in [0.15, 0.2) is 0 Å². The van der Waals surface area contributed by atoms with Crippen LogP contribution in [0.15, 0.2) is 18.2 Å². The first-order valence-corrected chi connectivity index (χ1v) is 6.42. The Morgan fingerprint density at radius 2 is 2.06 bits per heavy atom. The van der Waals surface area contributed by atoms with E-state index in [1.807, 2.05) is 12.1 Å². The van der Waals surface area contributed by atoms with Crippen LogP contribution in [0, 0.1) is 0 Å². The summed E-state index contributed by atoms with van der Waals surface area (Å²) in [6.45, 7) is 3.99. The summed E-state index contributed by atoms with van der Waals surface area (Å²) in [5.74, 6) is 0.697. The average Bonchev–Trinajstić information content (AvgIpc) is 2.84. The third-order valence-electron chi connectivity index (χ3n) is 3.04. The highest BCUT2D eigenvalue weighted by Gasteiger charge is 2.11. The zero-order chi connectivity index (χ0) is 12.1. The smallest absolute Gasteiger partial charge is 0.137 e. The van der Waals surface area contributed by atoms with Gasteiger partial charge in [0.2, 0.25) is 0 Å². The molecule has 0 atom stereocenters. The zero-order valence-corrected chi connectivity index (χ0v) is 10.6. The van der Waals surface area contributed by atoms with Crippen molar-refractivity contribution in [3.8, 4) is 5.75 Å². The van der Waals surface area contributed by atoms with Gasteiger partial charge >= 0.3 is 0 Å². The minimum atomic E-state index is 0.00772. The second kappa shape index (κ2) is 6.24. The quantitative estimate of drug-likeness (QED) is 0.877. The Morgan fingerprint density at radius 3 is 2.71 bits per heavy atom. The van der Waals surface area contributed by atoms with E-state index in [4.69, 9.17) is 21.4 Å². The lowest BCUT2D eigenvalue weighted by atomic mass is 10.2. The van der Waals surface area contributed by atoms with Crippen molar-refractivity contribution in [2.75, 3.05) is 26.2 Å². The molecule has 0 saturated carbocycles. The highest BCUT2D eigenvalue weighted by atomic mass is 35.5. The lowest BCUT2D eigenvalue weighted by Crippen LogP contribution is -2.25. The number of hydrogen-bond donors (Lipinski definition) is 1. The van der Waals surface area contributed by atoms with Crippen LogP contribution in [0.5, 0.6) is 5.75 Å². The molecule has 1 aromatic rings. The molecule has 2 rings (SSSR count). The Morgan fingerprint density at radius 1 is 1.29 bits per heavy atom. The summed E-state index contributed by atoms with van der Waals surface area (Å²) in [5, 5.41) is 9.53. The first kappa shape index (κ1) is 12.7. The summed E-state index contributed by atoms with van der Waals surface area (Å²) in [4.78, 5) is 2.40. The van der Waals surface area contributed by atoms with E-state index in [0.29, 0.717) is 17.4 Å². The molecule has 0 aliphatic carbocycles. The predicted octanol–water partition coefficient (Wildman–Crippen LogP) is 2.31. The number of ether oxygens (including phenoxy) is 1. The van der Waals surface area contributed by atoms with Crippen LogP contribution in [0.25, 0.3) is 0 Å². The number of nitrogens with zero attached hydrogens (tertiary/aromatic N) is 1. The van der Waals surface area contributed by atoms with Gasteiger partial charge in [-0.15, -0.1) is 0 Å². The van der Waals surface area contributed by atoms with E-state index in [9.17, 15) is 0 Å². The molecule has 3 nitrogen and oxygen atoms in total. The van der Waals surface area contributed by atoms with Gasteiger partial charge in [-0.3, -0.25) is 4.90 Å². The van der Waals surface area contributed by atoms with Gasteiger partial charge in [-0.25, -0.2) is 0 Å². The van der Waals surface area contributed by atoms with E-state index in [-0.39, 0.29) is 6.61 Å². The van der Waals surface area contributed by atoms with Crippen molar-refractivity contribution in [1.29, 1.82) is 0 Å². The van der Waals surface area contributed by atoms with Crippen molar-refractivity contribution in [2.24, 2.45) is 0 Å². The first-order valence-electron chi connectivity index (χ1n) is 6.04. The third kappa shape index (κ3) is 3.60.